The number of nitrogens with one attached hydrogen (secondary N) is 1. The van der Waals surface area contributed by atoms with Crippen LogP contribution in [0.5, 0.6) is 11.6 Å². The van der Waals surface area contributed by atoms with Crippen molar-refractivity contribution in [3.63, 3.8) is 0 Å². The van der Waals surface area contributed by atoms with Gasteiger partial charge in [-0.3, -0.25) is 4.79 Å². The van der Waals surface area contributed by atoms with Crippen molar-refractivity contribution in [3.05, 3.63) is 117 Å². The molecule has 3 aliphatic rings. The summed E-state index contributed by atoms with van der Waals surface area (Å²) in [6, 6.07) is 15.9. The Balaban J connectivity index is 1.64. The summed E-state index contributed by atoms with van der Waals surface area (Å²) in [5.74, 6) is -1.95. The maximum Gasteiger partial charge on any atom is 0.255 e. The van der Waals surface area contributed by atoms with E-state index in [2.05, 4.69) is 9.97 Å². The number of fused-ring (bicyclic) bond motifs is 5. The molecule has 0 radical (unpaired) electrons. The van der Waals surface area contributed by atoms with Crippen molar-refractivity contribution < 1.29 is 23.4 Å². The number of rotatable bonds is 4. The first kappa shape index (κ1) is 22.1. The number of H-pyrrole nitrogens is 1. The highest BCUT2D eigenvalue weighted by molar-refractivity contribution is 5.64. The third-order valence-electron chi connectivity index (χ3n) is 7.68. The molecule has 0 unspecified atom stereocenters. The number of aromatic nitrogens is 3. The van der Waals surface area contributed by atoms with E-state index in [9.17, 15) is 14.3 Å². The predicted octanol–water partition coefficient (Wildman–Crippen LogP) is 4.00. The summed E-state index contributed by atoms with van der Waals surface area (Å²) in [7, 11) is 1.35. The Labute approximate surface area is 209 Å². The van der Waals surface area contributed by atoms with Crippen LogP contribution in [-0.2, 0) is 11.2 Å². The van der Waals surface area contributed by atoms with E-state index in [1.165, 1.54) is 37.4 Å². The normalized spacial score (nSPS) is 25.2. The van der Waals surface area contributed by atoms with E-state index in [1.807, 2.05) is 6.07 Å². The van der Waals surface area contributed by atoms with Gasteiger partial charge in [-0.2, -0.15) is 9.37 Å². The minimum absolute atomic E-state index is 0.0119. The van der Waals surface area contributed by atoms with Crippen molar-refractivity contribution in [2.24, 2.45) is 0 Å². The van der Waals surface area contributed by atoms with Crippen LogP contribution in [0.3, 0.4) is 0 Å². The highest BCUT2D eigenvalue weighted by Gasteiger charge is 2.74. The zero-order valence-corrected chi connectivity index (χ0v) is 19.7. The van der Waals surface area contributed by atoms with Crippen LogP contribution in [0, 0.1) is 11.8 Å². The zero-order valence-electron chi connectivity index (χ0n) is 19.7. The van der Waals surface area contributed by atoms with Crippen molar-refractivity contribution in [3.8, 4) is 11.6 Å². The van der Waals surface area contributed by atoms with Crippen molar-refractivity contribution in [2.45, 2.75) is 35.9 Å². The van der Waals surface area contributed by atoms with Crippen LogP contribution in [-0.4, -0.2) is 27.2 Å². The largest absolute Gasteiger partial charge is 0.481 e. The third kappa shape index (κ3) is 2.80. The predicted molar refractivity (Wildman–Crippen MR) is 128 cm³/mol. The lowest BCUT2D eigenvalue weighted by molar-refractivity contribution is -0.0916. The molecule has 1 saturated carbocycles. The van der Waals surface area contributed by atoms with Gasteiger partial charge in [-0.05, 0) is 30.5 Å². The molecule has 0 saturated heterocycles. The van der Waals surface area contributed by atoms with Gasteiger partial charge < -0.3 is 19.6 Å². The van der Waals surface area contributed by atoms with Gasteiger partial charge in [0, 0.05) is 17.5 Å². The lowest BCUT2D eigenvalue weighted by Gasteiger charge is -2.39. The van der Waals surface area contributed by atoms with Crippen molar-refractivity contribution in [2.75, 3.05) is 7.11 Å². The number of hydrogen-bond acceptors (Lipinski definition) is 6. The first-order valence-corrected chi connectivity index (χ1v) is 12.0. The Kier molecular flexibility index (Phi) is 4.46. The molecule has 1 fully saturated rings. The molecule has 2 N–H and O–H groups in total. The fourth-order valence-electron chi connectivity index (χ4n) is 5.95. The van der Waals surface area contributed by atoms with E-state index in [0.717, 1.165) is 12.8 Å². The van der Waals surface area contributed by atoms with Gasteiger partial charge in [0.25, 0.3) is 5.56 Å². The van der Waals surface area contributed by atoms with Gasteiger partial charge >= 0.3 is 0 Å². The van der Waals surface area contributed by atoms with Gasteiger partial charge in [-0.15, -0.1) is 0 Å². The van der Waals surface area contributed by atoms with E-state index in [-0.39, 0.29) is 34.4 Å². The van der Waals surface area contributed by atoms with Crippen LogP contribution >= 0.6 is 0 Å². The number of halogens is 2. The monoisotopic (exact) mass is 501 g/mol. The highest BCUT2D eigenvalue weighted by atomic mass is 19.1. The Bertz CT molecular complexity index is 1620. The zero-order chi connectivity index (χ0) is 25.5. The van der Waals surface area contributed by atoms with Gasteiger partial charge in [0.1, 0.15) is 17.4 Å². The molecule has 186 valence electrons. The van der Waals surface area contributed by atoms with Crippen molar-refractivity contribution in [1.82, 2.24) is 15.0 Å². The minimum atomic E-state index is -2.25. The number of benzene rings is 2. The molecule has 2 aliphatic carbocycles. The molecule has 9 heteroatoms. The molecule has 4 aromatic rings. The molecule has 37 heavy (non-hydrogen) atoms. The van der Waals surface area contributed by atoms with Gasteiger partial charge in [-0.25, -0.2) is 9.37 Å². The molecular formula is C28H21F2N3O4. The molecular weight excluding hydrogens is 480 g/mol. The fourth-order valence-corrected chi connectivity index (χ4v) is 5.95. The van der Waals surface area contributed by atoms with Gasteiger partial charge in [-0.1, -0.05) is 42.5 Å². The summed E-state index contributed by atoms with van der Waals surface area (Å²) in [6.45, 7) is 0. The Hall–Kier alpha value is -4.11. The lowest BCUT2D eigenvalue weighted by atomic mass is 9.70. The second kappa shape index (κ2) is 7.45. The topological polar surface area (TPSA) is 97.3 Å². The standard InChI is InChI=1S/C28H21F2N3O4/c1-36-19-13-18-22(24(30)31-19)27(35)23-20(26(34)33-25(32-23)15-7-8-15)21(14-5-3-2-4-6-14)28(27,37-18)16-9-11-17(29)12-10-16/h2-6,9-13,15,21,35H,7-8H2,1H3,(H,32,33,34)/t21-,27+,28+/m1/s1. The maximum absolute atomic E-state index is 15.8. The summed E-state index contributed by atoms with van der Waals surface area (Å²) < 4.78 is 41.6. The molecule has 1 aliphatic heterocycles. The average molecular weight is 501 g/mol. The summed E-state index contributed by atoms with van der Waals surface area (Å²) in [5, 5.41) is 12.8. The molecule has 7 rings (SSSR count). The van der Waals surface area contributed by atoms with E-state index in [1.54, 1.807) is 24.3 Å². The van der Waals surface area contributed by atoms with E-state index in [0.29, 0.717) is 17.0 Å². The van der Waals surface area contributed by atoms with Crippen LogP contribution in [0.15, 0.2) is 65.5 Å². The van der Waals surface area contributed by atoms with Crippen LogP contribution < -0.4 is 15.0 Å². The first-order valence-electron chi connectivity index (χ1n) is 12.0. The van der Waals surface area contributed by atoms with Crippen molar-refractivity contribution >= 4 is 0 Å². The molecule has 2 aromatic carbocycles. The Morgan fingerprint density at radius 2 is 1.81 bits per heavy atom. The van der Waals surface area contributed by atoms with E-state index in [4.69, 9.17) is 14.5 Å². The summed E-state index contributed by atoms with van der Waals surface area (Å²) in [4.78, 5) is 25.2. The molecule has 3 heterocycles. The Morgan fingerprint density at radius 1 is 1.08 bits per heavy atom. The first-order chi connectivity index (χ1) is 17.9. The van der Waals surface area contributed by atoms with E-state index < -0.39 is 34.4 Å². The number of aliphatic hydroxyl groups is 1. The lowest BCUT2D eigenvalue weighted by Crippen LogP contribution is -2.50. The number of pyridine rings is 1. The second-order valence-electron chi connectivity index (χ2n) is 9.71. The average Bonchev–Trinajstić information content (AvgIpc) is 3.67. The molecule has 2 aromatic heterocycles. The second-order valence-corrected chi connectivity index (χ2v) is 9.71. The fraction of sp³-hybridized carbons (Fsp3) is 0.250. The van der Waals surface area contributed by atoms with Crippen LogP contribution in [0.25, 0.3) is 0 Å². The highest BCUT2D eigenvalue weighted by Crippen LogP contribution is 2.68. The number of aromatic amines is 1. The smallest absolute Gasteiger partial charge is 0.255 e. The SMILES string of the molecule is COc1cc2c(c(F)n1)[C@]1(O)c3nc(C4CC4)[nH]c(=O)c3[C@@H](c3ccccc3)[C@]1(c1ccc(F)cc1)O2. The van der Waals surface area contributed by atoms with Gasteiger partial charge in [0.2, 0.25) is 11.8 Å². The summed E-state index contributed by atoms with van der Waals surface area (Å²) in [6.07, 6.45) is 1.71. The van der Waals surface area contributed by atoms with Crippen molar-refractivity contribution in [1.29, 1.82) is 0 Å². The Morgan fingerprint density at radius 3 is 2.49 bits per heavy atom. The number of methoxy groups -OCH3 is 1. The van der Waals surface area contributed by atoms with Crippen LogP contribution in [0.2, 0.25) is 0 Å². The molecule has 7 nitrogen and oxygen atoms in total. The van der Waals surface area contributed by atoms with Crippen LogP contribution in [0.4, 0.5) is 8.78 Å². The number of nitrogens with zero attached hydrogens (tertiary/aromatic N) is 2. The minimum Gasteiger partial charge on any atom is -0.481 e. The molecule has 3 atom stereocenters. The molecule has 0 spiro atoms. The quantitative estimate of drug-likeness (QED) is 0.411. The van der Waals surface area contributed by atoms with Gasteiger partial charge in [0.15, 0.2) is 11.2 Å². The van der Waals surface area contributed by atoms with Gasteiger partial charge in [0.05, 0.1) is 29.8 Å². The summed E-state index contributed by atoms with van der Waals surface area (Å²) in [5.41, 5.74) is -3.53. The van der Waals surface area contributed by atoms with Crippen LogP contribution in [0.1, 0.15) is 58.4 Å². The van der Waals surface area contributed by atoms with E-state index >= 15 is 4.39 Å². The maximum atomic E-state index is 15.8. The number of ether oxygens (including phenoxy) is 2. The third-order valence-corrected chi connectivity index (χ3v) is 7.68. The number of hydrogen-bond donors (Lipinski definition) is 2. The molecule has 0 bridgehead atoms. The molecule has 0 amide bonds. The summed E-state index contributed by atoms with van der Waals surface area (Å²) >= 11 is 0.